The molecule has 3 nitrogen and oxygen atoms in total. The Kier molecular flexibility index (Phi) is 4.56. The molecule has 0 aromatic heterocycles. The summed E-state index contributed by atoms with van der Waals surface area (Å²) in [6.45, 7) is 0.425. The Morgan fingerprint density at radius 3 is 3.00 bits per heavy atom. The van der Waals surface area contributed by atoms with Gasteiger partial charge in [-0.05, 0) is 0 Å². The standard InChI is InChI=1S/C6H9NO2/c1-2-6(9)3-4-7-5-8/h1,5-6,9H,3-4H2,(H,7,8). The first-order valence-corrected chi connectivity index (χ1v) is 2.62. The van der Waals surface area contributed by atoms with E-state index >= 15 is 0 Å². The molecule has 0 rings (SSSR count). The third-order valence-electron chi connectivity index (χ3n) is 0.838. The van der Waals surface area contributed by atoms with Gasteiger partial charge in [0.15, 0.2) is 0 Å². The number of amides is 1. The molecule has 2 N–H and O–H groups in total. The van der Waals surface area contributed by atoms with Gasteiger partial charge in [-0.1, -0.05) is 5.92 Å². The van der Waals surface area contributed by atoms with Gasteiger partial charge in [0, 0.05) is 13.0 Å². The number of aliphatic hydroxyl groups is 1. The van der Waals surface area contributed by atoms with Crippen LogP contribution in [0.15, 0.2) is 0 Å². The quantitative estimate of drug-likeness (QED) is 0.292. The molecule has 1 unspecified atom stereocenters. The molecule has 1 amide bonds. The molecule has 0 bridgehead atoms. The molecule has 0 heterocycles. The van der Waals surface area contributed by atoms with Crippen molar-refractivity contribution in [1.82, 2.24) is 5.32 Å². The van der Waals surface area contributed by atoms with Crippen LogP contribution in [0.2, 0.25) is 0 Å². The molecular weight excluding hydrogens is 118 g/mol. The maximum atomic E-state index is 9.63. The first kappa shape index (κ1) is 7.99. The second-order valence-electron chi connectivity index (χ2n) is 1.54. The van der Waals surface area contributed by atoms with Gasteiger partial charge in [-0.2, -0.15) is 0 Å². The van der Waals surface area contributed by atoms with Crippen LogP contribution in [-0.2, 0) is 4.79 Å². The Balaban J connectivity index is 3.08. The molecule has 0 aliphatic carbocycles. The fourth-order valence-electron chi connectivity index (χ4n) is 0.362. The third kappa shape index (κ3) is 4.85. The number of hydrogen-bond donors (Lipinski definition) is 2. The van der Waals surface area contributed by atoms with E-state index in [0.717, 1.165) is 0 Å². The van der Waals surface area contributed by atoms with Gasteiger partial charge in [0.2, 0.25) is 6.41 Å². The van der Waals surface area contributed by atoms with Gasteiger partial charge in [-0.15, -0.1) is 6.42 Å². The Morgan fingerprint density at radius 1 is 1.89 bits per heavy atom. The highest BCUT2D eigenvalue weighted by molar-refractivity contribution is 5.45. The van der Waals surface area contributed by atoms with Crippen molar-refractivity contribution in [2.24, 2.45) is 0 Å². The average Bonchev–Trinajstić information content (AvgIpc) is 1.89. The lowest BCUT2D eigenvalue weighted by atomic mass is 10.3. The molecule has 1 atom stereocenters. The molecule has 0 aliphatic heterocycles. The van der Waals surface area contributed by atoms with Gasteiger partial charge >= 0.3 is 0 Å². The summed E-state index contributed by atoms with van der Waals surface area (Å²) >= 11 is 0. The first-order valence-electron chi connectivity index (χ1n) is 2.62. The summed E-state index contributed by atoms with van der Waals surface area (Å²) in [5.41, 5.74) is 0. The topological polar surface area (TPSA) is 49.3 Å². The smallest absolute Gasteiger partial charge is 0.207 e. The summed E-state index contributed by atoms with van der Waals surface area (Å²) in [5, 5.41) is 11.1. The second-order valence-corrected chi connectivity index (χ2v) is 1.54. The van der Waals surface area contributed by atoms with Crippen molar-refractivity contribution in [3.05, 3.63) is 0 Å². The summed E-state index contributed by atoms with van der Waals surface area (Å²) in [6, 6.07) is 0. The summed E-state index contributed by atoms with van der Waals surface area (Å²) in [5.74, 6) is 2.12. The van der Waals surface area contributed by atoms with E-state index < -0.39 is 6.10 Å². The zero-order chi connectivity index (χ0) is 7.11. The Labute approximate surface area is 54.1 Å². The van der Waals surface area contributed by atoms with Crippen LogP contribution in [0, 0.1) is 12.3 Å². The molecule has 50 valence electrons. The van der Waals surface area contributed by atoms with Crippen molar-refractivity contribution in [1.29, 1.82) is 0 Å². The van der Waals surface area contributed by atoms with E-state index in [2.05, 4.69) is 11.2 Å². The zero-order valence-corrected chi connectivity index (χ0v) is 5.00. The van der Waals surface area contributed by atoms with Gasteiger partial charge in [-0.25, -0.2) is 0 Å². The molecule has 3 heteroatoms. The highest BCUT2D eigenvalue weighted by Crippen LogP contribution is 1.84. The number of carbonyl (C=O) groups excluding carboxylic acids is 1. The minimum Gasteiger partial charge on any atom is -0.380 e. The van der Waals surface area contributed by atoms with E-state index in [4.69, 9.17) is 11.5 Å². The average molecular weight is 127 g/mol. The molecule has 0 saturated carbocycles. The van der Waals surface area contributed by atoms with Crippen LogP contribution < -0.4 is 5.32 Å². The summed E-state index contributed by atoms with van der Waals surface area (Å²) in [4.78, 5) is 9.63. The molecule has 0 saturated heterocycles. The molecule has 0 fully saturated rings. The molecule has 0 spiro atoms. The number of rotatable bonds is 4. The van der Waals surface area contributed by atoms with Gasteiger partial charge in [0.1, 0.15) is 6.10 Å². The second kappa shape index (κ2) is 5.13. The SMILES string of the molecule is C#CC(O)CCNC=O. The highest BCUT2D eigenvalue weighted by atomic mass is 16.3. The van der Waals surface area contributed by atoms with Crippen LogP contribution in [0.1, 0.15) is 6.42 Å². The van der Waals surface area contributed by atoms with Crippen molar-refractivity contribution in [3.63, 3.8) is 0 Å². The lowest BCUT2D eigenvalue weighted by Crippen LogP contribution is -2.17. The van der Waals surface area contributed by atoms with Crippen LogP contribution in [0.5, 0.6) is 0 Å². The lowest BCUT2D eigenvalue weighted by molar-refractivity contribution is -0.109. The third-order valence-corrected chi connectivity index (χ3v) is 0.838. The summed E-state index contributed by atoms with van der Waals surface area (Å²) in [7, 11) is 0. The van der Waals surface area contributed by atoms with Gasteiger partial charge in [0.05, 0.1) is 0 Å². The van der Waals surface area contributed by atoms with E-state index in [1.165, 1.54) is 0 Å². The number of aliphatic hydroxyl groups excluding tert-OH is 1. The minimum absolute atomic E-state index is 0.412. The number of terminal acetylenes is 1. The van der Waals surface area contributed by atoms with Crippen LogP contribution in [-0.4, -0.2) is 24.2 Å². The predicted octanol–water partition coefficient (Wildman–Crippen LogP) is -0.883. The Bertz CT molecular complexity index is 117. The van der Waals surface area contributed by atoms with E-state index in [-0.39, 0.29) is 0 Å². The largest absolute Gasteiger partial charge is 0.380 e. The molecule has 9 heavy (non-hydrogen) atoms. The molecule has 0 radical (unpaired) electrons. The highest BCUT2D eigenvalue weighted by Gasteiger charge is 1.94. The van der Waals surface area contributed by atoms with Crippen molar-refractivity contribution in [2.45, 2.75) is 12.5 Å². The lowest BCUT2D eigenvalue weighted by Gasteiger charge is -1.99. The van der Waals surface area contributed by atoms with Crippen molar-refractivity contribution in [2.75, 3.05) is 6.54 Å². The predicted molar refractivity (Wildman–Crippen MR) is 33.5 cm³/mol. The van der Waals surface area contributed by atoms with Gasteiger partial charge < -0.3 is 10.4 Å². The number of carbonyl (C=O) groups is 1. The fourth-order valence-corrected chi connectivity index (χ4v) is 0.362. The van der Waals surface area contributed by atoms with Crippen molar-refractivity contribution >= 4 is 6.41 Å². The zero-order valence-electron chi connectivity index (χ0n) is 5.00. The van der Waals surface area contributed by atoms with E-state index in [0.29, 0.717) is 19.4 Å². The monoisotopic (exact) mass is 127 g/mol. The maximum Gasteiger partial charge on any atom is 0.207 e. The Hall–Kier alpha value is -1.01. The first-order chi connectivity index (χ1) is 4.31. The van der Waals surface area contributed by atoms with Crippen LogP contribution in [0.4, 0.5) is 0 Å². The van der Waals surface area contributed by atoms with Crippen molar-refractivity contribution in [3.8, 4) is 12.3 Å². The number of nitrogens with one attached hydrogen (secondary N) is 1. The van der Waals surface area contributed by atoms with Gasteiger partial charge in [-0.3, -0.25) is 4.79 Å². The van der Waals surface area contributed by atoms with E-state index in [1.807, 2.05) is 0 Å². The van der Waals surface area contributed by atoms with E-state index in [1.54, 1.807) is 0 Å². The molecule has 0 aromatic rings. The minimum atomic E-state index is -0.738. The molecule has 0 aliphatic rings. The van der Waals surface area contributed by atoms with E-state index in [9.17, 15) is 4.79 Å². The Morgan fingerprint density at radius 2 is 2.56 bits per heavy atom. The summed E-state index contributed by atoms with van der Waals surface area (Å²) < 4.78 is 0. The fraction of sp³-hybridized carbons (Fsp3) is 0.500. The molecular formula is C6H9NO2. The number of hydrogen-bond acceptors (Lipinski definition) is 2. The molecule has 0 aromatic carbocycles. The van der Waals surface area contributed by atoms with Crippen LogP contribution in [0.3, 0.4) is 0 Å². The van der Waals surface area contributed by atoms with Crippen LogP contribution >= 0.6 is 0 Å². The van der Waals surface area contributed by atoms with Crippen LogP contribution in [0.25, 0.3) is 0 Å². The summed E-state index contributed by atoms with van der Waals surface area (Å²) in [6.07, 6.45) is 5.08. The maximum absolute atomic E-state index is 9.63. The van der Waals surface area contributed by atoms with Gasteiger partial charge in [0.25, 0.3) is 0 Å². The van der Waals surface area contributed by atoms with Crippen molar-refractivity contribution < 1.29 is 9.90 Å². The normalized spacial score (nSPS) is 11.6.